The predicted molar refractivity (Wildman–Crippen MR) is 71.4 cm³/mol. The lowest BCUT2D eigenvalue weighted by atomic mass is 9.67. The van der Waals surface area contributed by atoms with Crippen molar-refractivity contribution in [3.05, 3.63) is 0 Å². The Morgan fingerprint density at radius 1 is 1.25 bits per heavy atom. The molecule has 0 aromatic heterocycles. The zero-order valence-corrected chi connectivity index (χ0v) is 11.6. The van der Waals surface area contributed by atoms with Gasteiger partial charge in [-0.15, -0.1) is 0 Å². The number of carbonyl (C=O) groups excluding carboxylic acids is 1. The van der Waals surface area contributed by atoms with Gasteiger partial charge in [-0.25, -0.2) is 9.59 Å². The summed E-state index contributed by atoms with van der Waals surface area (Å²) in [6, 6.07) is -1.73. The van der Waals surface area contributed by atoms with Crippen molar-refractivity contribution in [2.45, 2.75) is 51.5 Å². The summed E-state index contributed by atoms with van der Waals surface area (Å²) in [6.45, 7) is 2.60. The zero-order chi connectivity index (χ0) is 15.2. The van der Waals surface area contributed by atoms with E-state index in [1.165, 1.54) is 0 Å². The summed E-state index contributed by atoms with van der Waals surface area (Å²) in [5.41, 5.74) is 0.150. The Kier molecular flexibility index (Phi) is 5.79. The Balaban J connectivity index is 2.37. The smallest absolute Gasteiger partial charge is 0.326 e. The van der Waals surface area contributed by atoms with Crippen molar-refractivity contribution in [1.29, 1.82) is 0 Å². The number of carboxylic acids is 2. The number of nitrogens with one attached hydrogen (secondary N) is 2. The molecule has 1 fully saturated rings. The number of hydrogen-bond donors (Lipinski definition) is 4. The van der Waals surface area contributed by atoms with Gasteiger partial charge in [0.2, 0.25) is 0 Å². The maximum Gasteiger partial charge on any atom is 0.326 e. The van der Waals surface area contributed by atoms with Gasteiger partial charge in [-0.3, -0.25) is 4.79 Å². The number of aliphatic carboxylic acids is 2. The first kappa shape index (κ1) is 16.3. The van der Waals surface area contributed by atoms with Crippen molar-refractivity contribution < 1.29 is 24.6 Å². The maximum atomic E-state index is 11.7. The summed E-state index contributed by atoms with van der Waals surface area (Å²) >= 11 is 0. The molecular formula is C13H22N2O5. The molecule has 1 aliphatic rings. The van der Waals surface area contributed by atoms with E-state index < -0.39 is 24.0 Å². The molecule has 0 spiro atoms. The van der Waals surface area contributed by atoms with E-state index in [1.807, 2.05) is 0 Å². The third kappa shape index (κ3) is 4.71. The molecule has 0 radical (unpaired) electrons. The van der Waals surface area contributed by atoms with Crippen LogP contribution in [0, 0.1) is 5.41 Å². The van der Waals surface area contributed by atoms with Crippen LogP contribution in [0.15, 0.2) is 0 Å². The molecule has 0 aromatic rings. The van der Waals surface area contributed by atoms with E-state index >= 15 is 0 Å². The molecule has 1 atom stereocenters. The molecule has 4 N–H and O–H groups in total. The fraction of sp³-hybridized carbons (Fsp3) is 0.769. The molecule has 1 saturated carbocycles. The van der Waals surface area contributed by atoms with Crippen LogP contribution in [0.25, 0.3) is 0 Å². The van der Waals surface area contributed by atoms with Gasteiger partial charge in [0.25, 0.3) is 0 Å². The molecule has 1 rings (SSSR count). The molecule has 0 saturated heterocycles. The minimum Gasteiger partial charge on any atom is -0.481 e. The Labute approximate surface area is 117 Å². The van der Waals surface area contributed by atoms with Crippen molar-refractivity contribution in [2.24, 2.45) is 5.41 Å². The predicted octanol–water partition coefficient (Wildman–Crippen LogP) is 1.18. The molecule has 7 nitrogen and oxygen atoms in total. The van der Waals surface area contributed by atoms with Gasteiger partial charge in [-0.05, 0) is 31.1 Å². The second-order valence-corrected chi connectivity index (χ2v) is 5.36. The first-order chi connectivity index (χ1) is 9.38. The lowest BCUT2D eigenvalue weighted by molar-refractivity contribution is -0.140. The van der Waals surface area contributed by atoms with E-state index in [4.69, 9.17) is 10.2 Å². The summed E-state index contributed by atoms with van der Waals surface area (Å²) in [6.07, 6.45) is 3.87. The number of amides is 2. The molecule has 0 aromatic carbocycles. The molecule has 0 aliphatic heterocycles. The van der Waals surface area contributed by atoms with Crippen LogP contribution in [0.2, 0.25) is 0 Å². The molecule has 20 heavy (non-hydrogen) atoms. The van der Waals surface area contributed by atoms with Crippen LogP contribution in [0.5, 0.6) is 0 Å². The van der Waals surface area contributed by atoms with Crippen molar-refractivity contribution in [2.75, 3.05) is 6.54 Å². The number of carboxylic acid groups (broad SMARTS) is 2. The Bertz CT molecular complexity index is 373. The molecule has 0 heterocycles. The topological polar surface area (TPSA) is 116 Å². The average molecular weight is 286 g/mol. The quantitative estimate of drug-likeness (QED) is 0.535. The molecule has 1 aliphatic carbocycles. The monoisotopic (exact) mass is 286 g/mol. The molecule has 114 valence electrons. The highest BCUT2D eigenvalue weighted by molar-refractivity contribution is 5.83. The Morgan fingerprint density at radius 2 is 1.90 bits per heavy atom. The normalized spacial score (nSPS) is 17.6. The van der Waals surface area contributed by atoms with Gasteiger partial charge in [0.15, 0.2) is 0 Å². The fourth-order valence-electron chi connectivity index (χ4n) is 2.33. The number of rotatable bonds is 8. The first-order valence-corrected chi connectivity index (χ1v) is 6.87. The molecule has 0 bridgehead atoms. The van der Waals surface area contributed by atoms with Gasteiger partial charge >= 0.3 is 18.0 Å². The number of carbonyl (C=O) groups is 3. The van der Waals surface area contributed by atoms with Crippen molar-refractivity contribution >= 4 is 18.0 Å². The third-order valence-electron chi connectivity index (χ3n) is 4.04. The van der Waals surface area contributed by atoms with E-state index in [0.29, 0.717) is 6.54 Å². The van der Waals surface area contributed by atoms with E-state index in [2.05, 4.69) is 17.6 Å². The highest BCUT2D eigenvalue weighted by Crippen LogP contribution is 2.42. The van der Waals surface area contributed by atoms with Crippen LogP contribution < -0.4 is 10.6 Å². The van der Waals surface area contributed by atoms with Crippen LogP contribution in [-0.4, -0.2) is 40.8 Å². The number of hydrogen-bond acceptors (Lipinski definition) is 3. The largest absolute Gasteiger partial charge is 0.481 e. The number of urea groups is 1. The maximum absolute atomic E-state index is 11.7. The molecular weight excluding hydrogens is 264 g/mol. The lowest BCUT2D eigenvalue weighted by Gasteiger charge is -2.41. The van der Waals surface area contributed by atoms with Gasteiger partial charge in [-0.2, -0.15) is 0 Å². The lowest BCUT2D eigenvalue weighted by Crippen LogP contribution is -2.50. The van der Waals surface area contributed by atoms with Gasteiger partial charge in [0.05, 0.1) is 0 Å². The van der Waals surface area contributed by atoms with Crippen LogP contribution in [0.3, 0.4) is 0 Å². The molecule has 7 heteroatoms. The van der Waals surface area contributed by atoms with Crippen LogP contribution in [0.4, 0.5) is 4.79 Å². The van der Waals surface area contributed by atoms with E-state index in [1.54, 1.807) is 0 Å². The van der Waals surface area contributed by atoms with Crippen molar-refractivity contribution in [1.82, 2.24) is 10.6 Å². The van der Waals surface area contributed by atoms with Gasteiger partial charge in [-0.1, -0.05) is 13.3 Å². The third-order valence-corrected chi connectivity index (χ3v) is 4.04. The van der Waals surface area contributed by atoms with Crippen LogP contribution in [0.1, 0.15) is 45.4 Å². The van der Waals surface area contributed by atoms with E-state index in [0.717, 1.165) is 25.7 Å². The fourth-order valence-corrected chi connectivity index (χ4v) is 2.33. The standard InChI is InChI=1S/C13H22N2O5/c1-2-13(6-3-7-13)8-14-12(20)15-9(11(18)19)4-5-10(16)17/h9H,2-8H2,1H3,(H,16,17)(H,18,19)(H2,14,15,20)/t9-/m0/s1. The summed E-state index contributed by atoms with van der Waals surface area (Å²) < 4.78 is 0. The van der Waals surface area contributed by atoms with Gasteiger partial charge < -0.3 is 20.8 Å². The van der Waals surface area contributed by atoms with Crippen LogP contribution >= 0.6 is 0 Å². The minimum atomic E-state index is -1.23. The summed E-state index contributed by atoms with van der Waals surface area (Å²) in [5, 5.41) is 22.5. The highest BCUT2D eigenvalue weighted by atomic mass is 16.4. The second-order valence-electron chi connectivity index (χ2n) is 5.36. The summed E-state index contributed by atoms with van der Waals surface area (Å²) in [4.78, 5) is 33.0. The van der Waals surface area contributed by atoms with E-state index in [-0.39, 0.29) is 18.3 Å². The first-order valence-electron chi connectivity index (χ1n) is 6.87. The van der Waals surface area contributed by atoms with Crippen molar-refractivity contribution in [3.8, 4) is 0 Å². The zero-order valence-electron chi connectivity index (χ0n) is 11.6. The SMILES string of the molecule is CCC1(CNC(=O)N[C@@H](CCC(=O)O)C(=O)O)CCC1. The molecule has 0 unspecified atom stereocenters. The summed E-state index contributed by atoms with van der Waals surface area (Å²) in [7, 11) is 0. The minimum absolute atomic E-state index is 0.128. The Hall–Kier alpha value is -1.79. The van der Waals surface area contributed by atoms with Crippen molar-refractivity contribution in [3.63, 3.8) is 0 Å². The highest BCUT2D eigenvalue weighted by Gasteiger charge is 2.35. The summed E-state index contributed by atoms with van der Waals surface area (Å²) in [5.74, 6) is -2.31. The van der Waals surface area contributed by atoms with Gasteiger partial charge in [0, 0.05) is 13.0 Å². The van der Waals surface area contributed by atoms with E-state index in [9.17, 15) is 14.4 Å². The van der Waals surface area contributed by atoms with Gasteiger partial charge in [0.1, 0.15) is 6.04 Å². The second kappa shape index (κ2) is 7.12. The van der Waals surface area contributed by atoms with Crippen LogP contribution in [-0.2, 0) is 9.59 Å². The average Bonchev–Trinajstić information content (AvgIpc) is 2.33. The molecule has 2 amide bonds. The Morgan fingerprint density at radius 3 is 2.30 bits per heavy atom.